The highest BCUT2D eigenvalue weighted by atomic mass is 16.6. The number of hydrogen-bond acceptors (Lipinski definition) is 5. The molecule has 92 valence electrons. The Hall–Kier alpha value is -1.10. The normalized spacial score (nSPS) is 55.9. The lowest BCUT2D eigenvalue weighted by molar-refractivity contribution is -0.164. The average molecular weight is 238 g/mol. The van der Waals surface area contributed by atoms with Crippen molar-refractivity contribution in [1.82, 2.24) is 0 Å². The van der Waals surface area contributed by atoms with Gasteiger partial charge < -0.3 is 14.2 Å². The van der Waals surface area contributed by atoms with Crippen molar-refractivity contribution in [2.24, 2.45) is 22.7 Å². The Bertz CT molecular complexity index is 406. The molecule has 0 aromatic heterocycles. The van der Waals surface area contributed by atoms with Gasteiger partial charge in [0.2, 0.25) is 0 Å². The van der Waals surface area contributed by atoms with Crippen LogP contribution in [0.5, 0.6) is 0 Å². The highest BCUT2D eigenvalue weighted by molar-refractivity contribution is 5.95. The summed E-state index contributed by atoms with van der Waals surface area (Å²) in [7, 11) is 2.77. The Labute approximate surface area is 98.4 Å². The number of esters is 2. The van der Waals surface area contributed by atoms with Gasteiger partial charge in [0.05, 0.1) is 37.3 Å². The first-order chi connectivity index (χ1) is 8.13. The summed E-state index contributed by atoms with van der Waals surface area (Å²) in [6.07, 6.45) is 1.79. The van der Waals surface area contributed by atoms with Gasteiger partial charge in [-0.15, -0.1) is 0 Å². The zero-order chi connectivity index (χ0) is 12.0. The van der Waals surface area contributed by atoms with Crippen molar-refractivity contribution in [3.8, 4) is 0 Å². The van der Waals surface area contributed by atoms with Crippen LogP contribution >= 0.6 is 0 Å². The molecule has 6 atom stereocenters. The first-order valence-corrected chi connectivity index (χ1v) is 5.96. The summed E-state index contributed by atoms with van der Waals surface area (Å²) >= 11 is 0. The van der Waals surface area contributed by atoms with Crippen LogP contribution in [0.15, 0.2) is 0 Å². The van der Waals surface area contributed by atoms with Crippen LogP contribution in [-0.4, -0.2) is 38.4 Å². The fourth-order valence-electron chi connectivity index (χ4n) is 4.38. The number of rotatable bonds is 2. The summed E-state index contributed by atoms with van der Waals surface area (Å²) in [5.74, 6) is -0.190. The van der Waals surface area contributed by atoms with E-state index in [9.17, 15) is 9.59 Å². The van der Waals surface area contributed by atoms with E-state index < -0.39 is 10.8 Å². The molecule has 0 aromatic rings. The minimum atomic E-state index is -0.642. The van der Waals surface area contributed by atoms with Crippen molar-refractivity contribution in [3.63, 3.8) is 0 Å². The molecular weight excluding hydrogens is 224 g/mol. The van der Waals surface area contributed by atoms with Crippen molar-refractivity contribution in [3.05, 3.63) is 0 Å². The molecule has 0 aromatic carbocycles. The van der Waals surface area contributed by atoms with E-state index in [2.05, 4.69) is 0 Å². The second kappa shape index (κ2) is 2.51. The van der Waals surface area contributed by atoms with Gasteiger partial charge in [-0.2, -0.15) is 0 Å². The van der Waals surface area contributed by atoms with Gasteiger partial charge in [-0.05, 0) is 12.8 Å². The average Bonchev–Trinajstić information content (AvgIpc) is 3.17. The largest absolute Gasteiger partial charge is 0.469 e. The molecule has 1 heterocycles. The molecule has 1 aliphatic heterocycles. The number of methoxy groups -OCH3 is 2. The maximum absolute atomic E-state index is 12.1. The molecule has 4 rings (SSSR count). The van der Waals surface area contributed by atoms with Crippen LogP contribution in [0, 0.1) is 22.7 Å². The summed E-state index contributed by atoms with van der Waals surface area (Å²) in [5.41, 5.74) is -1.28. The van der Waals surface area contributed by atoms with Crippen molar-refractivity contribution >= 4 is 11.9 Å². The topological polar surface area (TPSA) is 65.1 Å². The highest BCUT2D eigenvalue weighted by Crippen LogP contribution is 2.85. The van der Waals surface area contributed by atoms with Gasteiger partial charge in [-0.25, -0.2) is 0 Å². The molecule has 5 heteroatoms. The molecule has 0 bridgehead atoms. The quantitative estimate of drug-likeness (QED) is 0.505. The molecular formula is C12H14O5. The Balaban J connectivity index is 1.79. The molecule has 0 spiro atoms. The molecule has 0 radical (unpaired) electrons. The van der Waals surface area contributed by atoms with Crippen molar-refractivity contribution in [1.29, 1.82) is 0 Å². The van der Waals surface area contributed by atoms with Crippen molar-refractivity contribution < 1.29 is 23.8 Å². The van der Waals surface area contributed by atoms with E-state index in [4.69, 9.17) is 14.2 Å². The first-order valence-electron chi connectivity index (χ1n) is 5.96. The molecule has 4 fully saturated rings. The maximum atomic E-state index is 12.1. The second-order valence-electron chi connectivity index (χ2n) is 5.61. The van der Waals surface area contributed by atoms with Gasteiger partial charge in [0, 0.05) is 11.8 Å². The van der Waals surface area contributed by atoms with Crippen LogP contribution in [0.25, 0.3) is 0 Å². The summed E-state index contributed by atoms with van der Waals surface area (Å²) in [4.78, 5) is 24.1. The van der Waals surface area contributed by atoms with E-state index in [0.717, 1.165) is 0 Å². The van der Waals surface area contributed by atoms with Gasteiger partial charge in [0.15, 0.2) is 0 Å². The zero-order valence-corrected chi connectivity index (χ0v) is 9.76. The predicted molar refractivity (Wildman–Crippen MR) is 53.8 cm³/mol. The van der Waals surface area contributed by atoms with Crippen LogP contribution in [-0.2, 0) is 23.8 Å². The second-order valence-corrected chi connectivity index (χ2v) is 5.61. The molecule has 0 unspecified atom stereocenters. The Morgan fingerprint density at radius 3 is 1.76 bits per heavy atom. The lowest BCUT2D eigenvalue weighted by Crippen LogP contribution is -2.42. The van der Waals surface area contributed by atoms with E-state index in [1.807, 2.05) is 0 Å². The minimum Gasteiger partial charge on any atom is -0.469 e. The number of hydrogen-bond donors (Lipinski definition) is 0. The summed E-state index contributed by atoms with van der Waals surface area (Å²) in [6.45, 7) is 0. The van der Waals surface area contributed by atoms with E-state index in [0.29, 0.717) is 12.8 Å². The van der Waals surface area contributed by atoms with Gasteiger partial charge in [0.1, 0.15) is 0 Å². The third-order valence-electron chi connectivity index (χ3n) is 5.28. The van der Waals surface area contributed by atoms with Crippen molar-refractivity contribution in [2.45, 2.75) is 25.0 Å². The van der Waals surface area contributed by atoms with Crippen LogP contribution in [0.2, 0.25) is 0 Å². The number of epoxide rings is 1. The molecule has 4 aliphatic rings. The smallest absolute Gasteiger partial charge is 0.313 e. The van der Waals surface area contributed by atoms with Gasteiger partial charge in [0.25, 0.3) is 0 Å². The van der Waals surface area contributed by atoms with E-state index >= 15 is 0 Å². The Kier molecular flexibility index (Phi) is 1.46. The summed E-state index contributed by atoms with van der Waals surface area (Å²) in [5, 5.41) is 0. The number of carbonyl (C=O) groups is 2. The zero-order valence-electron chi connectivity index (χ0n) is 9.76. The lowest BCUT2D eigenvalue weighted by Gasteiger charge is -2.26. The number of carbonyl (C=O) groups excluding carboxylic acids is 2. The Morgan fingerprint density at radius 2 is 1.41 bits per heavy atom. The molecule has 5 nitrogen and oxygen atoms in total. The molecule has 0 N–H and O–H groups in total. The third-order valence-corrected chi connectivity index (χ3v) is 5.28. The van der Waals surface area contributed by atoms with Crippen molar-refractivity contribution in [2.75, 3.05) is 14.2 Å². The minimum absolute atomic E-state index is 0.165. The predicted octanol–water partition coefficient (Wildman–Crippen LogP) is 0.126. The third kappa shape index (κ3) is 0.793. The van der Waals surface area contributed by atoms with Gasteiger partial charge >= 0.3 is 11.9 Å². The van der Waals surface area contributed by atoms with Crippen LogP contribution in [0.4, 0.5) is 0 Å². The van der Waals surface area contributed by atoms with Crippen LogP contribution < -0.4 is 0 Å². The number of ether oxygens (including phenoxy) is 3. The molecule has 3 saturated carbocycles. The van der Waals surface area contributed by atoms with Gasteiger partial charge in [-0.1, -0.05) is 0 Å². The van der Waals surface area contributed by atoms with Crippen LogP contribution in [0.1, 0.15) is 12.8 Å². The summed E-state index contributed by atoms with van der Waals surface area (Å²) in [6, 6.07) is 0. The summed E-state index contributed by atoms with van der Waals surface area (Å²) < 4.78 is 15.4. The standard InChI is InChI=1S/C12H14O5/c1-15-9(13)11-3-5(11)7-8(17-7)6-4-12(6,11)10(14)16-2/h5-8H,3-4H2,1-2H3/t5-,6+,7+,8-,11-,12+. The fourth-order valence-corrected chi connectivity index (χ4v) is 4.38. The molecule has 3 aliphatic carbocycles. The van der Waals surface area contributed by atoms with E-state index in [-0.39, 0.29) is 36.0 Å². The Morgan fingerprint density at radius 1 is 1.00 bits per heavy atom. The first kappa shape index (κ1) is 9.88. The lowest BCUT2D eigenvalue weighted by atomic mass is 9.76. The van der Waals surface area contributed by atoms with Crippen LogP contribution in [0.3, 0.4) is 0 Å². The SMILES string of the molecule is COC(=O)[C@@]12C[C@@H]1[C@@H]1O[C@@H]1[C@@H]1C[C@@]12C(=O)OC. The molecule has 17 heavy (non-hydrogen) atoms. The molecule has 0 amide bonds. The van der Waals surface area contributed by atoms with E-state index in [1.165, 1.54) is 14.2 Å². The number of fused-ring (bicyclic) bond motifs is 6. The maximum Gasteiger partial charge on any atom is 0.313 e. The molecule has 1 saturated heterocycles. The monoisotopic (exact) mass is 238 g/mol. The van der Waals surface area contributed by atoms with Gasteiger partial charge in [-0.3, -0.25) is 9.59 Å². The fraction of sp³-hybridized carbons (Fsp3) is 0.833. The van der Waals surface area contributed by atoms with E-state index in [1.54, 1.807) is 0 Å². The highest BCUT2D eigenvalue weighted by Gasteiger charge is 2.93.